The van der Waals surface area contributed by atoms with Crippen LogP contribution in [-0.2, 0) is 22.6 Å². The van der Waals surface area contributed by atoms with Gasteiger partial charge in [0.1, 0.15) is 12.7 Å². The fraction of sp³-hybridized carbons (Fsp3) is 0.727. The van der Waals surface area contributed by atoms with Crippen LogP contribution in [0.4, 0.5) is 0 Å². The van der Waals surface area contributed by atoms with Gasteiger partial charge in [0.25, 0.3) is 5.89 Å². The van der Waals surface area contributed by atoms with E-state index in [4.69, 9.17) is 14.4 Å². The third-order valence-electron chi connectivity index (χ3n) is 2.23. The Labute approximate surface area is 106 Å². The summed E-state index contributed by atoms with van der Waals surface area (Å²) in [6.07, 6.45) is 0.878. The van der Waals surface area contributed by atoms with Gasteiger partial charge < -0.3 is 19.7 Å². The summed E-state index contributed by atoms with van der Waals surface area (Å²) in [7, 11) is 0. The third-order valence-corrected chi connectivity index (χ3v) is 2.23. The Morgan fingerprint density at radius 2 is 2.39 bits per heavy atom. The second kappa shape index (κ2) is 7.78. The first kappa shape index (κ1) is 14.6. The Morgan fingerprint density at radius 3 is 3.00 bits per heavy atom. The average molecular weight is 257 g/mol. The van der Waals surface area contributed by atoms with E-state index in [1.54, 1.807) is 6.92 Å². The molecule has 1 rings (SSSR count). The molecule has 0 aliphatic carbocycles. The number of aliphatic hydroxyl groups excluding tert-OH is 1. The van der Waals surface area contributed by atoms with Crippen molar-refractivity contribution in [2.75, 3.05) is 13.2 Å². The molecule has 18 heavy (non-hydrogen) atoms. The van der Waals surface area contributed by atoms with Crippen molar-refractivity contribution in [1.29, 1.82) is 0 Å². The highest BCUT2D eigenvalue weighted by Gasteiger charge is 2.12. The number of aromatic nitrogens is 2. The lowest BCUT2D eigenvalue weighted by Crippen LogP contribution is -2.35. The molecule has 7 nitrogen and oxygen atoms in total. The Bertz CT molecular complexity index is 367. The van der Waals surface area contributed by atoms with E-state index in [0.29, 0.717) is 25.4 Å². The highest BCUT2D eigenvalue weighted by Crippen LogP contribution is 1.97. The van der Waals surface area contributed by atoms with Crippen molar-refractivity contribution in [3.63, 3.8) is 0 Å². The minimum Gasteiger partial charge on any atom is -0.387 e. The minimum atomic E-state index is -0.455. The van der Waals surface area contributed by atoms with Gasteiger partial charge in [0, 0.05) is 19.6 Å². The molecule has 0 aromatic carbocycles. The fourth-order valence-electron chi connectivity index (χ4n) is 1.27. The molecule has 0 aliphatic heterocycles. The summed E-state index contributed by atoms with van der Waals surface area (Å²) < 4.78 is 10.0. The largest absolute Gasteiger partial charge is 0.387 e. The predicted molar refractivity (Wildman–Crippen MR) is 62.6 cm³/mol. The maximum absolute atomic E-state index is 11.6. The number of hydrogen-bond acceptors (Lipinski definition) is 6. The molecular formula is C11H19N3O4. The van der Waals surface area contributed by atoms with E-state index in [9.17, 15) is 4.79 Å². The van der Waals surface area contributed by atoms with E-state index >= 15 is 0 Å². The van der Waals surface area contributed by atoms with Crippen LogP contribution in [0.25, 0.3) is 0 Å². The first-order chi connectivity index (χ1) is 8.67. The van der Waals surface area contributed by atoms with Gasteiger partial charge >= 0.3 is 0 Å². The van der Waals surface area contributed by atoms with Crippen LogP contribution in [-0.4, -0.2) is 40.4 Å². The number of ether oxygens (including phenoxy) is 1. The molecule has 0 fully saturated rings. The van der Waals surface area contributed by atoms with Crippen LogP contribution >= 0.6 is 0 Å². The summed E-state index contributed by atoms with van der Waals surface area (Å²) in [4.78, 5) is 15.5. The van der Waals surface area contributed by atoms with Gasteiger partial charge in [-0.1, -0.05) is 12.1 Å². The first-order valence-corrected chi connectivity index (χ1v) is 5.99. The maximum Gasteiger partial charge on any atom is 0.252 e. The molecule has 0 saturated carbocycles. The summed E-state index contributed by atoms with van der Waals surface area (Å²) in [5.74, 6) is 0.478. The van der Waals surface area contributed by atoms with E-state index in [1.807, 2.05) is 6.92 Å². The molecule has 1 aromatic rings. The van der Waals surface area contributed by atoms with Crippen LogP contribution < -0.4 is 5.32 Å². The SMILES string of the molecule is CCCO[C@@H](C)C(=O)NCCc1noc(CO)n1. The zero-order valence-electron chi connectivity index (χ0n) is 10.7. The molecule has 1 amide bonds. The molecule has 1 aromatic heterocycles. The molecule has 0 saturated heterocycles. The number of hydrogen-bond donors (Lipinski definition) is 2. The average Bonchev–Trinajstić information content (AvgIpc) is 2.83. The number of nitrogens with one attached hydrogen (secondary N) is 1. The summed E-state index contributed by atoms with van der Waals surface area (Å²) in [6.45, 7) is 4.40. The lowest BCUT2D eigenvalue weighted by molar-refractivity contribution is -0.131. The van der Waals surface area contributed by atoms with Crippen molar-refractivity contribution in [1.82, 2.24) is 15.5 Å². The van der Waals surface area contributed by atoms with Gasteiger partial charge in [0.05, 0.1) is 0 Å². The van der Waals surface area contributed by atoms with Gasteiger partial charge in [-0.15, -0.1) is 0 Å². The Morgan fingerprint density at radius 1 is 1.61 bits per heavy atom. The van der Waals surface area contributed by atoms with E-state index in [-0.39, 0.29) is 18.4 Å². The minimum absolute atomic E-state index is 0.158. The number of carbonyl (C=O) groups is 1. The maximum atomic E-state index is 11.6. The highest BCUT2D eigenvalue weighted by molar-refractivity contribution is 5.80. The highest BCUT2D eigenvalue weighted by atomic mass is 16.5. The number of nitrogens with zero attached hydrogens (tertiary/aromatic N) is 2. The molecule has 1 heterocycles. The Balaban J connectivity index is 2.22. The van der Waals surface area contributed by atoms with Crippen molar-refractivity contribution in [3.8, 4) is 0 Å². The quantitative estimate of drug-likeness (QED) is 0.682. The molecule has 102 valence electrons. The van der Waals surface area contributed by atoms with E-state index < -0.39 is 6.10 Å². The zero-order valence-corrected chi connectivity index (χ0v) is 10.7. The predicted octanol–water partition coefficient (Wildman–Crippen LogP) is 0.0357. The topological polar surface area (TPSA) is 97.5 Å². The molecule has 2 N–H and O–H groups in total. The van der Waals surface area contributed by atoms with Gasteiger partial charge in [0.2, 0.25) is 5.91 Å². The Kier molecular flexibility index (Phi) is 6.31. The fourth-order valence-corrected chi connectivity index (χ4v) is 1.27. The first-order valence-electron chi connectivity index (χ1n) is 5.99. The van der Waals surface area contributed by atoms with Gasteiger partial charge in [0.15, 0.2) is 5.82 Å². The standard InChI is InChI=1S/C11H19N3O4/c1-3-6-17-8(2)11(16)12-5-4-9-13-10(7-15)18-14-9/h8,15H,3-7H2,1-2H3,(H,12,16)/t8-/m0/s1. The normalized spacial score (nSPS) is 12.4. The summed E-state index contributed by atoms with van der Waals surface area (Å²) in [5.41, 5.74) is 0. The third kappa shape index (κ3) is 4.80. The second-order valence-corrected chi connectivity index (χ2v) is 3.82. The van der Waals surface area contributed by atoms with Crippen LogP contribution in [0.2, 0.25) is 0 Å². The zero-order chi connectivity index (χ0) is 13.4. The van der Waals surface area contributed by atoms with Gasteiger partial charge in [-0.25, -0.2) is 0 Å². The summed E-state index contributed by atoms with van der Waals surface area (Å²) in [6, 6.07) is 0. The van der Waals surface area contributed by atoms with Gasteiger partial charge in [-0.05, 0) is 13.3 Å². The van der Waals surface area contributed by atoms with E-state index in [1.165, 1.54) is 0 Å². The lowest BCUT2D eigenvalue weighted by atomic mass is 10.3. The summed E-state index contributed by atoms with van der Waals surface area (Å²) >= 11 is 0. The number of aliphatic hydroxyl groups is 1. The number of carbonyl (C=O) groups excluding carboxylic acids is 1. The van der Waals surface area contributed by atoms with Crippen molar-refractivity contribution >= 4 is 5.91 Å². The van der Waals surface area contributed by atoms with Crippen LogP contribution in [0.5, 0.6) is 0 Å². The van der Waals surface area contributed by atoms with Gasteiger partial charge in [-0.3, -0.25) is 4.79 Å². The van der Waals surface area contributed by atoms with Crippen LogP contribution in [0.1, 0.15) is 32.0 Å². The smallest absolute Gasteiger partial charge is 0.252 e. The molecule has 1 atom stereocenters. The Hall–Kier alpha value is -1.47. The van der Waals surface area contributed by atoms with Crippen LogP contribution in [0.3, 0.4) is 0 Å². The van der Waals surface area contributed by atoms with Crippen molar-refractivity contribution in [3.05, 3.63) is 11.7 Å². The van der Waals surface area contributed by atoms with Crippen molar-refractivity contribution in [2.45, 2.75) is 39.4 Å². The molecule has 0 spiro atoms. The lowest BCUT2D eigenvalue weighted by Gasteiger charge is -2.11. The van der Waals surface area contributed by atoms with Crippen LogP contribution in [0, 0.1) is 0 Å². The van der Waals surface area contributed by atoms with E-state index in [0.717, 1.165) is 6.42 Å². The van der Waals surface area contributed by atoms with E-state index in [2.05, 4.69) is 15.5 Å². The molecule has 0 radical (unpaired) electrons. The molecule has 0 aliphatic rings. The van der Waals surface area contributed by atoms with Crippen molar-refractivity contribution in [2.24, 2.45) is 0 Å². The molecule has 0 bridgehead atoms. The molecule has 7 heteroatoms. The number of amides is 1. The monoisotopic (exact) mass is 257 g/mol. The second-order valence-electron chi connectivity index (χ2n) is 3.82. The van der Waals surface area contributed by atoms with Crippen molar-refractivity contribution < 1.29 is 19.2 Å². The number of rotatable bonds is 8. The molecule has 0 unspecified atom stereocenters. The van der Waals surface area contributed by atoms with Crippen LogP contribution in [0.15, 0.2) is 4.52 Å². The van der Waals surface area contributed by atoms with Gasteiger partial charge in [-0.2, -0.15) is 4.98 Å². The molecular weight excluding hydrogens is 238 g/mol. The summed E-state index contributed by atoms with van der Waals surface area (Å²) in [5, 5.41) is 15.1.